The first-order chi connectivity index (χ1) is 9.58. The Kier molecular flexibility index (Phi) is 4.81. The molecule has 0 aromatic heterocycles. The Labute approximate surface area is 130 Å². The maximum Gasteiger partial charge on any atom is 0.166 e. The van der Waals surface area contributed by atoms with Crippen molar-refractivity contribution in [3.8, 4) is 0 Å². The summed E-state index contributed by atoms with van der Waals surface area (Å²) in [7, 11) is 0. The molecule has 0 saturated carbocycles. The minimum Gasteiger partial charge on any atom is -0.236 e. The summed E-state index contributed by atoms with van der Waals surface area (Å²) in [5.74, 6) is -0.0512. The van der Waals surface area contributed by atoms with E-state index >= 15 is 0 Å². The highest BCUT2D eigenvalue weighted by Gasteiger charge is 2.22. The number of allylic oxidation sites excluding steroid dienone is 1. The predicted molar refractivity (Wildman–Crippen MR) is 82.6 cm³/mol. The maximum atomic E-state index is 13.1. The van der Waals surface area contributed by atoms with Gasteiger partial charge in [-0.15, -0.1) is 0 Å². The third-order valence-electron chi connectivity index (χ3n) is 2.50. The molecule has 2 rings (SSSR count). The molecule has 0 fully saturated rings. The third-order valence-corrected chi connectivity index (χ3v) is 3.37. The fourth-order valence-electron chi connectivity index (χ4n) is 1.64. The Hall–Kier alpha value is -1.36. The monoisotopic (exact) mass is 331 g/mol. The molecule has 1 aliphatic rings. The maximum absolute atomic E-state index is 13.1. The average molecular weight is 333 g/mol. The van der Waals surface area contributed by atoms with Gasteiger partial charge in [-0.1, -0.05) is 34.8 Å². The quantitative estimate of drug-likeness (QED) is 0.564. The molecule has 0 atom stereocenters. The van der Waals surface area contributed by atoms with Crippen LogP contribution in [0.3, 0.4) is 0 Å². The van der Waals surface area contributed by atoms with E-state index in [0.29, 0.717) is 17.0 Å². The van der Waals surface area contributed by atoms with Gasteiger partial charge in [0.15, 0.2) is 5.82 Å². The van der Waals surface area contributed by atoms with Gasteiger partial charge in [0.1, 0.15) is 11.0 Å². The molecular weight excluding hydrogens is 324 g/mol. The van der Waals surface area contributed by atoms with Crippen molar-refractivity contribution in [3.63, 3.8) is 0 Å². The summed E-state index contributed by atoms with van der Waals surface area (Å²) in [6.45, 7) is 1.74. The molecule has 1 aromatic rings. The number of halogens is 4. The third kappa shape index (κ3) is 2.87. The number of hydrazone groups is 1. The van der Waals surface area contributed by atoms with Crippen LogP contribution in [0.5, 0.6) is 0 Å². The summed E-state index contributed by atoms with van der Waals surface area (Å²) < 4.78 is 13.1. The number of benzene rings is 1. The smallest absolute Gasteiger partial charge is 0.166 e. The van der Waals surface area contributed by atoms with E-state index in [4.69, 9.17) is 34.8 Å². The van der Waals surface area contributed by atoms with E-state index in [1.165, 1.54) is 35.0 Å². The topological polar surface area (TPSA) is 28.0 Å². The molecule has 3 nitrogen and oxygen atoms in total. The van der Waals surface area contributed by atoms with Crippen LogP contribution in [-0.4, -0.2) is 17.4 Å². The van der Waals surface area contributed by atoms with Crippen molar-refractivity contribution in [3.05, 3.63) is 51.1 Å². The zero-order chi connectivity index (χ0) is 14.7. The van der Waals surface area contributed by atoms with Gasteiger partial charge in [-0.25, -0.2) is 14.4 Å². The van der Waals surface area contributed by atoms with Crippen LogP contribution in [0, 0.1) is 5.82 Å². The van der Waals surface area contributed by atoms with Crippen LogP contribution in [0.15, 0.2) is 44.8 Å². The van der Waals surface area contributed by atoms with E-state index in [0.717, 1.165) is 0 Å². The van der Waals surface area contributed by atoms with E-state index in [2.05, 4.69) is 10.1 Å². The fourth-order valence-corrected chi connectivity index (χ4v) is 2.34. The van der Waals surface area contributed by atoms with Gasteiger partial charge >= 0.3 is 0 Å². The van der Waals surface area contributed by atoms with Gasteiger partial charge in [-0.3, -0.25) is 0 Å². The fraction of sp³-hybridized carbons (Fsp3) is 0.0769. The van der Waals surface area contributed by atoms with Gasteiger partial charge in [-0.2, -0.15) is 5.10 Å². The molecule has 0 aliphatic carbocycles. The molecule has 0 saturated heterocycles. The van der Waals surface area contributed by atoms with Crippen LogP contribution in [0.2, 0.25) is 5.02 Å². The lowest BCUT2D eigenvalue weighted by Crippen LogP contribution is -2.18. The van der Waals surface area contributed by atoms with Gasteiger partial charge in [0.2, 0.25) is 0 Å². The van der Waals surface area contributed by atoms with Gasteiger partial charge in [0, 0.05) is 29.1 Å². The summed E-state index contributed by atoms with van der Waals surface area (Å²) in [6.07, 6.45) is 3.06. The molecule has 0 amide bonds. The highest BCUT2D eigenvalue weighted by atomic mass is 35.5. The van der Waals surface area contributed by atoms with Crippen molar-refractivity contribution >= 4 is 52.8 Å². The van der Waals surface area contributed by atoms with Crippen molar-refractivity contribution in [2.24, 2.45) is 10.1 Å². The van der Waals surface area contributed by atoms with Crippen molar-refractivity contribution < 1.29 is 4.39 Å². The van der Waals surface area contributed by atoms with Crippen LogP contribution in [-0.2, 0) is 0 Å². The molecule has 0 bridgehead atoms. The highest BCUT2D eigenvalue weighted by Crippen LogP contribution is 2.34. The number of nitrogens with zero attached hydrogens (tertiary/aromatic N) is 3. The predicted octanol–water partition coefficient (Wildman–Crippen LogP) is 4.82. The second-order valence-electron chi connectivity index (χ2n) is 3.74. The minimum atomic E-state index is -0.423. The van der Waals surface area contributed by atoms with Gasteiger partial charge in [0.25, 0.3) is 0 Å². The Morgan fingerprint density at radius 2 is 2.10 bits per heavy atom. The molecule has 0 spiro atoms. The van der Waals surface area contributed by atoms with Gasteiger partial charge < -0.3 is 0 Å². The van der Waals surface area contributed by atoms with Crippen LogP contribution < -0.4 is 0 Å². The summed E-state index contributed by atoms with van der Waals surface area (Å²) in [6, 6.07) is 4.04. The standard InChI is InChI=1S/C13H9Cl3FN3/c1-2-19-20-12(6-14)18-7-10(13(20)16)9-4-3-8(17)5-11(9)15/h2-7H,1H3/b12-6+,19-2-. The van der Waals surface area contributed by atoms with Crippen LogP contribution in [0.25, 0.3) is 5.57 Å². The Bertz CT molecular complexity index is 650. The van der Waals surface area contributed by atoms with Crippen LogP contribution in [0.1, 0.15) is 12.5 Å². The lowest BCUT2D eigenvalue weighted by molar-refractivity contribution is 0.481. The van der Waals surface area contributed by atoms with Crippen molar-refractivity contribution in [2.75, 3.05) is 0 Å². The molecule has 1 aromatic carbocycles. The van der Waals surface area contributed by atoms with E-state index < -0.39 is 5.82 Å². The highest BCUT2D eigenvalue weighted by molar-refractivity contribution is 6.40. The van der Waals surface area contributed by atoms with Crippen molar-refractivity contribution in [1.29, 1.82) is 0 Å². The van der Waals surface area contributed by atoms with Crippen LogP contribution in [0.4, 0.5) is 4.39 Å². The first-order valence-corrected chi connectivity index (χ1v) is 6.76. The summed E-state index contributed by atoms with van der Waals surface area (Å²) in [5, 5.41) is 5.95. The number of aliphatic imine (C=N–C) groups is 1. The number of hydrogen-bond donors (Lipinski definition) is 0. The second kappa shape index (κ2) is 6.39. The molecule has 0 radical (unpaired) electrons. The molecule has 7 heteroatoms. The first kappa shape index (κ1) is 15.0. The van der Waals surface area contributed by atoms with E-state index in [1.54, 1.807) is 13.1 Å². The Morgan fingerprint density at radius 1 is 1.35 bits per heavy atom. The van der Waals surface area contributed by atoms with E-state index in [1.807, 2.05) is 0 Å². The molecule has 104 valence electrons. The largest absolute Gasteiger partial charge is 0.236 e. The molecular formula is C13H9Cl3FN3. The number of hydrogen-bond acceptors (Lipinski definition) is 3. The van der Waals surface area contributed by atoms with E-state index in [9.17, 15) is 4.39 Å². The SMILES string of the molecule is C/C=N\N1C(Cl)=C(c2ccc(F)cc2Cl)C=N/C1=C\Cl. The molecule has 20 heavy (non-hydrogen) atoms. The molecule has 0 N–H and O–H groups in total. The zero-order valence-corrected chi connectivity index (χ0v) is 12.6. The normalized spacial score (nSPS) is 17.6. The van der Waals surface area contributed by atoms with Crippen molar-refractivity contribution in [1.82, 2.24) is 5.01 Å². The average Bonchev–Trinajstić information content (AvgIpc) is 2.42. The molecule has 1 aliphatic heterocycles. The van der Waals surface area contributed by atoms with E-state index in [-0.39, 0.29) is 10.2 Å². The Balaban J connectivity index is 2.56. The molecule has 1 heterocycles. The zero-order valence-electron chi connectivity index (χ0n) is 10.3. The van der Waals surface area contributed by atoms with Crippen LogP contribution >= 0.6 is 34.8 Å². The van der Waals surface area contributed by atoms with Crippen molar-refractivity contribution in [2.45, 2.75) is 6.92 Å². The lowest BCUT2D eigenvalue weighted by Gasteiger charge is -2.23. The molecule has 0 unspecified atom stereocenters. The van der Waals surface area contributed by atoms with Gasteiger partial charge in [0.05, 0.1) is 5.02 Å². The Morgan fingerprint density at radius 3 is 2.70 bits per heavy atom. The minimum absolute atomic E-state index is 0.239. The number of rotatable bonds is 2. The summed E-state index contributed by atoms with van der Waals surface area (Å²) in [5.41, 5.74) is 2.35. The first-order valence-electron chi connectivity index (χ1n) is 5.57. The summed E-state index contributed by atoms with van der Waals surface area (Å²) >= 11 is 18.0. The second-order valence-corrected chi connectivity index (χ2v) is 4.72. The lowest BCUT2D eigenvalue weighted by atomic mass is 10.1. The summed E-state index contributed by atoms with van der Waals surface area (Å²) in [4.78, 5) is 4.14. The van der Waals surface area contributed by atoms with Gasteiger partial charge in [-0.05, 0) is 25.1 Å².